The minimum Gasteiger partial charge on any atom is -0.508 e. The van der Waals surface area contributed by atoms with Crippen molar-refractivity contribution in [1.29, 1.82) is 0 Å². The number of para-hydroxylation sites is 1. The minimum atomic E-state index is -4.35. The van der Waals surface area contributed by atoms with Gasteiger partial charge in [-0.25, -0.2) is 4.39 Å². The molecule has 1 heterocycles. The maximum Gasteiger partial charge on any atom is 0.356 e. The maximum atomic E-state index is 13.3. The number of aliphatic hydroxyl groups is 1. The van der Waals surface area contributed by atoms with Crippen molar-refractivity contribution in [3.63, 3.8) is 0 Å². The van der Waals surface area contributed by atoms with Crippen molar-refractivity contribution in [3.8, 4) is 16.9 Å². The maximum absolute atomic E-state index is 13.3. The van der Waals surface area contributed by atoms with Crippen molar-refractivity contribution in [2.24, 2.45) is 0 Å². The molecule has 0 amide bonds. The summed E-state index contributed by atoms with van der Waals surface area (Å²) in [6, 6.07) is 27.2. The van der Waals surface area contributed by atoms with Gasteiger partial charge in [0, 0.05) is 16.5 Å². The van der Waals surface area contributed by atoms with E-state index in [4.69, 9.17) is 12.6 Å². The van der Waals surface area contributed by atoms with Crippen LogP contribution >= 0.6 is 32.0 Å². The van der Waals surface area contributed by atoms with E-state index in [0.29, 0.717) is 18.4 Å². The number of thiol groups is 1. The Kier molecular flexibility index (Phi) is 9.09. The van der Waals surface area contributed by atoms with Gasteiger partial charge in [0.1, 0.15) is 15.8 Å². The first-order chi connectivity index (χ1) is 19.9. The third kappa shape index (κ3) is 6.72. The van der Waals surface area contributed by atoms with Gasteiger partial charge in [-0.15, -0.1) is 24.4 Å². The number of aliphatic hydroxyl groups excluding tert-OH is 1. The predicted octanol–water partition coefficient (Wildman–Crippen LogP) is 7.17. The Balaban J connectivity index is 1.43. The van der Waals surface area contributed by atoms with Crippen molar-refractivity contribution >= 4 is 43.0 Å². The van der Waals surface area contributed by atoms with Crippen LogP contribution in [0.5, 0.6) is 5.75 Å². The van der Waals surface area contributed by atoms with Gasteiger partial charge in [-0.05, 0) is 85.3 Å². The van der Waals surface area contributed by atoms with Crippen LogP contribution in [0.2, 0.25) is 0 Å². The molecule has 4 unspecified atom stereocenters. The fourth-order valence-electron chi connectivity index (χ4n) is 5.56. The van der Waals surface area contributed by atoms with Crippen LogP contribution in [0.15, 0.2) is 97.1 Å². The molecule has 4 aromatic carbocycles. The first-order valence-corrected chi connectivity index (χ1v) is 16.6. The molecule has 1 aliphatic heterocycles. The van der Waals surface area contributed by atoms with Crippen molar-refractivity contribution in [3.05, 3.63) is 114 Å². The number of hydrogen-bond acceptors (Lipinski definition) is 6. The van der Waals surface area contributed by atoms with E-state index >= 15 is 0 Å². The fourth-order valence-corrected chi connectivity index (χ4v) is 8.33. The molecule has 0 aliphatic carbocycles. The Labute approximate surface area is 254 Å². The van der Waals surface area contributed by atoms with Gasteiger partial charge in [-0.3, -0.25) is 4.57 Å². The van der Waals surface area contributed by atoms with Gasteiger partial charge < -0.3 is 24.9 Å². The number of halogens is 1. The molecule has 1 aliphatic rings. The highest BCUT2D eigenvalue weighted by Crippen LogP contribution is 2.57. The van der Waals surface area contributed by atoms with Gasteiger partial charge in [0.05, 0.1) is 17.5 Å². The van der Waals surface area contributed by atoms with Crippen LogP contribution in [0.3, 0.4) is 0 Å². The standard InChI is InChI=1S/C32H33FNO5PS2/c1-32(41)34(25-6-3-2-4-7-25)31(30(42-32)9-5-8-28(35)22-10-15-24(33)16-11-22)27-19-14-23(20-29(27)36)21-12-17-26(18-13-21)40(37,38)39/h2-4,6-7,10-20,28,30-31,35-36,41H,5,8-9H2,1H3,(H2,37,38,39). The second kappa shape index (κ2) is 12.4. The summed E-state index contributed by atoms with van der Waals surface area (Å²) in [4.78, 5) is 21.1. The van der Waals surface area contributed by atoms with E-state index in [9.17, 15) is 29.0 Å². The Bertz CT molecular complexity index is 1560. The molecular weight excluding hydrogens is 592 g/mol. The molecular formula is C32H33FNO5PS2. The van der Waals surface area contributed by atoms with Crippen molar-refractivity contribution in [1.82, 2.24) is 0 Å². The van der Waals surface area contributed by atoms with Gasteiger partial charge in [0.2, 0.25) is 0 Å². The molecule has 6 nitrogen and oxygen atoms in total. The molecule has 0 saturated carbocycles. The summed E-state index contributed by atoms with van der Waals surface area (Å²) >= 11 is 6.77. The second-order valence-corrected chi connectivity index (χ2v) is 15.0. The molecule has 4 aromatic rings. The van der Waals surface area contributed by atoms with E-state index in [2.05, 4.69) is 4.90 Å². The summed E-state index contributed by atoms with van der Waals surface area (Å²) in [5.41, 5.74) is 3.83. The second-order valence-electron chi connectivity index (χ2n) is 10.6. The quantitative estimate of drug-likeness (QED) is 0.0993. The smallest absolute Gasteiger partial charge is 0.356 e. The van der Waals surface area contributed by atoms with Crippen LogP contribution in [0.4, 0.5) is 10.1 Å². The SMILES string of the molecule is CC1(S)SC(CCCC(O)c2ccc(F)cc2)C(c2ccc(-c3ccc(P(=O)(O)O)cc3)cc2O)N1c1ccccc1. The Morgan fingerprint density at radius 1 is 0.976 bits per heavy atom. The highest BCUT2D eigenvalue weighted by atomic mass is 32.2. The third-order valence-electron chi connectivity index (χ3n) is 7.59. The van der Waals surface area contributed by atoms with E-state index in [0.717, 1.165) is 28.8 Å². The molecule has 0 bridgehead atoms. The molecule has 1 fully saturated rings. The van der Waals surface area contributed by atoms with E-state index in [1.165, 1.54) is 24.3 Å². The summed E-state index contributed by atoms with van der Waals surface area (Å²) in [7, 11) is -4.35. The zero-order valence-corrected chi connectivity index (χ0v) is 25.5. The molecule has 42 heavy (non-hydrogen) atoms. The van der Waals surface area contributed by atoms with Crippen LogP contribution in [0.1, 0.15) is 49.5 Å². The van der Waals surface area contributed by atoms with Crippen LogP contribution in [-0.2, 0) is 4.57 Å². The van der Waals surface area contributed by atoms with Crippen molar-refractivity contribution in [2.75, 3.05) is 4.90 Å². The molecule has 5 rings (SSSR count). The monoisotopic (exact) mass is 625 g/mol. The van der Waals surface area contributed by atoms with Crippen molar-refractivity contribution in [2.45, 2.75) is 47.8 Å². The highest BCUT2D eigenvalue weighted by Gasteiger charge is 2.49. The first-order valence-electron chi connectivity index (χ1n) is 13.6. The number of rotatable bonds is 9. The number of nitrogens with zero attached hydrogens (tertiary/aromatic N) is 1. The number of anilines is 1. The summed E-state index contributed by atoms with van der Waals surface area (Å²) in [6.45, 7) is 2.04. The first kappa shape index (κ1) is 30.7. The lowest BCUT2D eigenvalue weighted by Crippen LogP contribution is -2.37. The van der Waals surface area contributed by atoms with Gasteiger partial charge in [0.25, 0.3) is 0 Å². The van der Waals surface area contributed by atoms with Crippen LogP contribution in [-0.4, -0.2) is 29.5 Å². The number of thioether (sulfide) groups is 1. The lowest BCUT2D eigenvalue weighted by atomic mass is 9.93. The molecule has 0 aromatic heterocycles. The van der Waals surface area contributed by atoms with E-state index in [1.54, 1.807) is 42.1 Å². The highest BCUT2D eigenvalue weighted by molar-refractivity contribution is 8.12. The largest absolute Gasteiger partial charge is 0.508 e. The molecule has 4 N–H and O–H groups in total. The number of phenolic OH excluding ortho intramolecular Hbond substituents is 1. The summed E-state index contributed by atoms with van der Waals surface area (Å²) in [5.74, 6) is -0.227. The molecule has 220 valence electrons. The Morgan fingerprint density at radius 3 is 2.24 bits per heavy atom. The topological polar surface area (TPSA) is 101 Å². The summed E-state index contributed by atoms with van der Waals surface area (Å²) in [6.07, 6.45) is 1.27. The molecule has 1 saturated heterocycles. The van der Waals surface area contributed by atoms with Crippen LogP contribution < -0.4 is 10.2 Å². The number of benzene rings is 4. The average Bonchev–Trinajstić information content (AvgIpc) is 3.22. The number of hydrogen-bond donors (Lipinski definition) is 5. The van der Waals surface area contributed by atoms with Gasteiger partial charge >= 0.3 is 7.60 Å². The zero-order valence-electron chi connectivity index (χ0n) is 22.9. The average molecular weight is 626 g/mol. The summed E-state index contributed by atoms with van der Waals surface area (Å²) < 4.78 is 24.3. The lowest BCUT2D eigenvalue weighted by molar-refractivity contribution is 0.163. The normalized spacial score (nSPS) is 21.4. The minimum absolute atomic E-state index is 0.0346. The molecule has 0 spiro atoms. The van der Waals surface area contributed by atoms with Crippen molar-refractivity contribution < 1.29 is 29.0 Å². The number of phenols is 1. The lowest BCUT2D eigenvalue weighted by Gasteiger charge is -2.37. The third-order valence-corrected chi connectivity index (χ3v) is 10.5. The Morgan fingerprint density at radius 2 is 1.62 bits per heavy atom. The van der Waals surface area contributed by atoms with Crippen LogP contribution in [0.25, 0.3) is 11.1 Å². The molecule has 4 atom stereocenters. The number of aromatic hydroxyl groups is 1. The Hall–Kier alpha value is -2.78. The summed E-state index contributed by atoms with van der Waals surface area (Å²) in [5, 5.41) is 22.1. The molecule has 0 radical (unpaired) electrons. The van der Waals surface area contributed by atoms with Gasteiger partial charge in [-0.2, -0.15) is 0 Å². The molecule has 10 heteroatoms. The van der Waals surface area contributed by atoms with E-state index < -0.39 is 17.9 Å². The van der Waals surface area contributed by atoms with Gasteiger partial charge in [-0.1, -0.05) is 54.6 Å². The fraction of sp³-hybridized carbons (Fsp3) is 0.250. The zero-order chi connectivity index (χ0) is 30.1. The van der Waals surface area contributed by atoms with Crippen LogP contribution in [0, 0.1) is 5.82 Å². The van der Waals surface area contributed by atoms with E-state index in [-0.39, 0.29) is 28.2 Å². The van der Waals surface area contributed by atoms with Gasteiger partial charge in [0.15, 0.2) is 0 Å². The predicted molar refractivity (Wildman–Crippen MR) is 171 cm³/mol. The van der Waals surface area contributed by atoms with E-state index in [1.807, 2.05) is 49.4 Å².